The first-order valence-corrected chi connectivity index (χ1v) is 11.6. The first-order valence-electron chi connectivity index (χ1n) is 11.6. The standard InChI is InChI=1S/C27H32N4O/c32-27(21-31-19-24-7-1-2-8-25(24)20-31)30-26(9-3-5-22-11-15-28-16-12-22)10-4-6-23-13-17-29-18-14-23/h1-2,7-8,11-18,26H,3-6,9-10,19-21H2,(H,30,32). The molecule has 0 fully saturated rings. The highest BCUT2D eigenvalue weighted by Gasteiger charge is 2.21. The Bertz CT molecular complexity index is 907. The lowest BCUT2D eigenvalue weighted by Crippen LogP contribution is -2.41. The van der Waals surface area contributed by atoms with Crippen LogP contribution in [0.2, 0.25) is 0 Å². The van der Waals surface area contributed by atoms with Crippen LogP contribution in [0, 0.1) is 0 Å². The number of carbonyl (C=O) groups is 1. The zero-order valence-corrected chi connectivity index (χ0v) is 18.6. The molecule has 0 unspecified atom stereocenters. The molecule has 1 N–H and O–H groups in total. The van der Waals surface area contributed by atoms with Crippen LogP contribution in [0.15, 0.2) is 73.3 Å². The van der Waals surface area contributed by atoms with Crippen molar-refractivity contribution in [2.45, 2.75) is 57.7 Å². The molecule has 4 rings (SSSR count). The Labute approximate surface area is 190 Å². The number of hydrogen-bond acceptors (Lipinski definition) is 4. The number of carbonyl (C=O) groups excluding carboxylic acids is 1. The molecular formula is C27H32N4O. The summed E-state index contributed by atoms with van der Waals surface area (Å²) >= 11 is 0. The third-order valence-electron chi connectivity index (χ3n) is 6.17. The van der Waals surface area contributed by atoms with E-state index in [0.29, 0.717) is 6.54 Å². The van der Waals surface area contributed by atoms with Gasteiger partial charge in [0, 0.05) is 43.9 Å². The fraction of sp³-hybridized carbons (Fsp3) is 0.370. The van der Waals surface area contributed by atoms with Gasteiger partial charge in [-0.05, 0) is 85.0 Å². The molecule has 1 aliphatic heterocycles. The number of fused-ring (bicyclic) bond motifs is 1. The minimum atomic E-state index is 0.135. The van der Waals surface area contributed by atoms with E-state index in [2.05, 4.69) is 68.7 Å². The number of nitrogens with zero attached hydrogens (tertiary/aromatic N) is 3. The van der Waals surface area contributed by atoms with Gasteiger partial charge in [-0.2, -0.15) is 0 Å². The number of amides is 1. The van der Waals surface area contributed by atoms with Crippen LogP contribution in [0.4, 0.5) is 0 Å². The Morgan fingerprint density at radius 2 is 1.31 bits per heavy atom. The second-order valence-electron chi connectivity index (χ2n) is 8.67. The molecule has 5 heteroatoms. The summed E-state index contributed by atoms with van der Waals surface area (Å²) in [5.74, 6) is 0.135. The van der Waals surface area contributed by atoms with Gasteiger partial charge in [-0.25, -0.2) is 0 Å². The largest absolute Gasteiger partial charge is 0.352 e. The van der Waals surface area contributed by atoms with Crippen LogP contribution in [0.3, 0.4) is 0 Å². The van der Waals surface area contributed by atoms with Crippen LogP contribution >= 0.6 is 0 Å². The normalized spacial score (nSPS) is 13.3. The maximum atomic E-state index is 12.9. The predicted molar refractivity (Wildman–Crippen MR) is 127 cm³/mol. The highest BCUT2D eigenvalue weighted by atomic mass is 16.2. The van der Waals surface area contributed by atoms with Gasteiger partial charge in [-0.3, -0.25) is 19.7 Å². The van der Waals surface area contributed by atoms with Crippen molar-refractivity contribution >= 4 is 5.91 Å². The predicted octanol–water partition coefficient (Wildman–Crippen LogP) is 4.32. The van der Waals surface area contributed by atoms with Crippen molar-refractivity contribution in [3.05, 3.63) is 95.6 Å². The second-order valence-corrected chi connectivity index (χ2v) is 8.67. The van der Waals surface area contributed by atoms with Crippen LogP contribution in [0.1, 0.15) is 47.9 Å². The zero-order chi connectivity index (χ0) is 22.0. The van der Waals surface area contributed by atoms with Gasteiger partial charge in [-0.15, -0.1) is 0 Å². The summed E-state index contributed by atoms with van der Waals surface area (Å²) in [5.41, 5.74) is 5.28. The van der Waals surface area contributed by atoms with E-state index in [-0.39, 0.29) is 11.9 Å². The smallest absolute Gasteiger partial charge is 0.234 e. The van der Waals surface area contributed by atoms with Crippen LogP contribution < -0.4 is 5.32 Å². The van der Waals surface area contributed by atoms with E-state index in [9.17, 15) is 4.79 Å². The first-order chi connectivity index (χ1) is 15.8. The molecule has 0 saturated carbocycles. The van der Waals surface area contributed by atoms with Crippen LogP contribution in [-0.4, -0.2) is 33.4 Å². The van der Waals surface area contributed by atoms with E-state index in [1.165, 1.54) is 22.3 Å². The molecular weight excluding hydrogens is 396 g/mol. The van der Waals surface area contributed by atoms with Crippen LogP contribution in [0.25, 0.3) is 0 Å². The van der Waals surface area contributed by atoms with Crippen molar-refractivity contribution in [3.63, 3.8) is 0 Å². The Hall–Kier alpha value is -3.05. The third-order valence-corrected chi connectivity index (χ3v) is 6.17. The molecule has 0 radical (unpaired) electrons. The summed E-state index contributed by atoms with van der Waals surface area (Å²) in [6.07, 6.45) is 13.5. The average molecular weight is 429 g/mol. The number of pyridine rings is 2. The van der Waals surface area contributed by atoms with Gasteiger partial charge in [0.1, 0.15) is 0 Å². The fourth-order valence-corrected chi connectivity index (χ4v) is 4.48. The monoisotopic (exact) mass is 428 g/mol. The van der Waals surface area contributed by atoms with Crippen molar-refractivity contribution in [2.75, 3.05) is 6.54 Å². The van der Waals surface area contributed by atoms with Gasteiger partial charge in [0.15, 0.2) is 0 Å². The third kappa shape index (κ3) is 6.72. The first kappa shape index (κ1) is 22.2. The van der Waals surface area contributed by atoms with Gasteiger partial charge in [0.2, 0.25) is 5.91 Å². The minimum Gasteiger partial charge on any atom is -0.352 e. The number of benzene rings is 1. The summed E-state index contributed by atoms with van der Waals surface area (Å²) in [7, 11) is 0. The molecule has 0 spiro atoms. The lowest BCUT2D eigenvalue weighted by atomic mass is 9.99. The molecule has 3 aromatic rings. The summed E-state index contributed by atoms with van der Waals surface area (Å²) in [5, 5.41) is 3.34. The molecule has 1 amide bonds. The molecule has 0 aliphatic carbocycles. The molecule has 3 heterocycles. The molecule has 0 atom stereocenters. The zero-order valence-electron chi connectivity index (χ0n) is 18.6. The van der Waals surface area contributed by atoms with Crippen molar-refractivity contribution in [1.29, 1.82) is 0 Å². The summed E-state index contributed by atoms with van der Waals surface area (Å²) in [6, 6.07) is 17.0. The lowest BCUT2D eigenvalue weighted by molar-refractivity contribution is -0.123. The Balaban J connectivity index is 1.27. The van der Waals surface area contributed by atoms with Gasteiger partial charge in [0.05, 0.1) is 6.54 Å². The van der Waals surface area contributed by atoms with E-state index in [1.54, 1.807) is 0 Å². The van der Waals surface area contributed by atoms with Crippen molar-refractivity contribution < 1.29 is 4.79 Å². The molecule has 5 nitrogen and oxygen atoms in total. The molecule has 166 valence electrons. The van der Waals surface area contributed by atoms with Crippen molar-refractivity contribution in [1.82, 2.24) is 20.2 Å². The van der Waals surface area contributed by atoms with Crippen molar-refractivity contribution in [3.8, 4) is 0 Å². The van der Waals surface area contributed by atoms with E-state index in [1.807, 2.05) is 24.8 Å². The number of rotatable bonds is 11. The number of nitrogens with one attached hydrogen (secondary N) is 1. The quantitative estimate of drug-likeness (QED) is 0.494. The molecule has 1 aliphatic rings. The number of aryl methyl sites for hydroxylation is 2. The molecule has 32 heavy (non-hydrogen) atoms. The molecule has 2 aromatic heterocycles. The highest BCUT2D eigenvalue weighted by Crippen LogP contribution is 2.21. The van der Waals surface area contributed by atoms with Crippen molar-refractivity contribution in [2.24, 2.45) is 0 Å². The Morgan fingerprint density at radius 3 is 1.81 bits per heavy atom. The molecule has 1 aromatic carbocycles. The second kappa shape index (κ2) is 11.5. The fourth-order valence-electron chi connectivity index (χ4n) is 4.48. The van der Waals surface area contributed by atoms with Gasteiger partial charge < -0.3 is 5.32 Å². The lowest BCUT2D eigenvalue weighted by Gasteiger charge is -2.21. The van der Waals surface area contributed by atoms with E-state index in [4.69, 9.17) is 0 Å². The van der Waals surface area contributed by atoms with E-state index >= 15 is 0 Å². The maximum Gasteiger partial charge on any atom is 0.234 e. The topological polar surface area (TPSA) is 58.1 Å². The van der Waals surface area contributed by atoms with Crippen LogP contribution in [0.5, 0.6) is 0 Å². The van der Waals surface area contributed by atoms with E-state index in [0.717, 1.165) is 51.6 Å². The van der Waals surface area contributed by atoms with Gasteiger partial charge >= 0.3 is 0 Å². The van der Waals surface area contributed by atoms with Gasteiger partial charge in [0.25, 0.3) is 0 Å². The Kier molecular flexibility index (Phi) is 7.99. The minimum absolute atomic E-state index is 0.135. The average Bonchev–Trinajstić information content (AvgIpc) is 3.22. The SMILES string of the molecule is O=C(CN1Cc2ccccc2C1)NC(CCCc1ccncc1)CCCc1ccncc1. The van der Waals surface area contributed by atoms with Gasteiger partial charge in [-0.1, -0.05) is 24.3 Å². The van der Waals surface area contributed by atoms with Crippen LogP contribution in [-0.2, 0) is 30.7 Å². The molecule has 0 bridgehead atoms. The summed E-state index contributed by atoms with van der Waals surface area (Å²) < 4.78 is 0. The summed E-state index contributed by atoms with van der Waals surface area (Å²) in [6.45, 7) is 2.18. The number of aromatic nitrogens is 2. The Morgan fingerprint density at radius 1 is 0.812 bits per heavy atom. The maximum absolute atomic E-state index is 12.9. The molecule has 0 saturated heterocycles. The summed E-state index contributed by atoms with van der Waals surface area (Å²) in [4.78, 5) is 23.3. The van der Waals surface area contributed by atoms with E-state index < -0.39 is 0 Å². The number of hydrogen-bond donors (Lipinski definition) is 1. The highest BCUT2D eigenvalue weighted by molar-refractivity contribution is 5.78.